The average molecular weight is 298 g/mol. The number of hydrogen-bond donors (Lipinski definition) is 1. The maximum absolute atomic E-state index is 12.2. The van der Waals surface area contributed by atoms with Crippen LogP contribution in [0.15, 0.2) is 24.3 Å². The molecule has 20 heavy (non-hydrogen) atoms. The number of aliphatic hydroxyl groups is 1. The number of benzene rings is 1. The van der Waals surface area contributed by atoms with Crippen LogP contribution in [0.4, 0.5) is 0 Å². The molecule has 0 atom stereocenters. The quantitative estimate of drug-likeness (QED) is 0.923. The highest BCUT2D eigenvalue weighted by Gasteiger charge is 2.35. The average Bonchev–Trinajstić information content (AvgIpc) is 2.49. The smallest absolute Gasteiger partial charge is 0.226 e. The van der Waals surface area contributed by atoms with Gasteiger partial charge in [-0.1, -0.05) is 23.7 Å². The standard InChI is InChI=1S/C15H20ClNO3/c1-20-15(11-18)6-8-17(9-7-15)14(19)10-12-2-4-13(16)5-3-12/h2-5,18H,6-11H2,1H3. The van der Waals surface area contributed by atoms with Crippen LogP contribution in [-0.4, -0.2) is 48.3 Å². The molecule has 1 aromatic rings. The molecule has 4 nitrogen and oxygen atoms in total. The molecule has 1 aromatic carbocycles. The van der Waals surface area contributed by atoms with Crippen LogP contribution in [-0.2, 0) is 16.0 Å². The number of aliphatic hydroxyl groups excluding tert-OH is 1. The molecule has 0 spiro atoms. The van der Waals surface area contributed by atoms with E-state index in [0.717, 1.165) is 5.56 Å². The van der Waals surface area contributed by atoms with E-state index in [4.69, 9.17) is 16.3 Å². The summed E-state index contributed by atoms with van der Waals surface area (Å²) in [7, 11) is 1.61. The van der Waals surface area contributed by atoms with Crippen molar-refractivity contribution in [3.8, 4) is 0 Å². The van der Waals surface area contributed by atoms with Crippen LogP contribution in [0.1, 0.15) is 18.4 Å². The van der Waals surface area contributed by atoms with Crippen molar-refractivity contribution >= 4 is 17.5 Å². The SMILES string of the molecule is COC1(CO)CCN(C(=O)Cc2ccc(Cl)cc2)CC1. The lowest BCUT2D eigenvalue weighted by Crippen LogP contribution is -2.49. The molecule has 5 heteroatoms. The lowest BCUT2D eigenvalue weighted by atomic mass is 9.91. The second-order valence-electron chi connectivity index (χ2n) is 5.23. The van der Waals surface area contributed by atoms with E-state index in [9.17, 15) is 9.90 Å². The fourth-order valence-electron chi connectivity index (χ4n) is 2.48. The maximum Gasteiger partial charge on any atom is 0.226 e. The third kappa shape index (κ3) is 3.51. The van der Waals surface area contributed by atoms with Crippen LogP contribution in [0.5, 0.6) is 0 Å². The molecule has 0 bridgehead atoms. The monoisotopic (exact) mass is 297 g/mol. The Morgan fingerprint density at radius 3 is 2.45 bits per heavy atom. The van der Waals surface area contributed by atoms with Crippen molar-refractivity contribution < 1.29 is 14.6 Å². The van der Waals surface area contributed by atoms with Crippen LogP contribution in [0.2, 0.25) is 5.02 Å². The Bertz CT molecular complexity index is 447. The van der Waals surface area contributed by atoms with Crippen molar-refractivity contribution in [3.63, 3.8) is 0 Å². The Balaban J connectivity index is 1.90. The zero-order chi connectivity index (χ0) is 14.6. The van der Waals surface area contributed by atoms with Gasteiger partial charge in [0.15, 0.2) is 0 Å². The fraction of sp³-hybridized carbons (Fsp3) is 0.533. The fourth-order valence-corrected chi connectivity index (χ4v) is 2.61. The van der Waals surface area contributed by atoms with E-state index in [1.54, 1.807) is 19.2 Å². The summed E-state index contributed by atoms with van der Waals surface area (Å²) in [6.45, 7) is 1.25. The zero-order valence-corrected chi connectivity index (χ0v) is 12.4. The number of likely N-dealkylation sites (tertiary alicyclic amines) is 1. The Morgan fingerprint density at radius 2 is 1.95 bits per heavy atom. The van der Waals surface area contributed by atoms with Crippen LogP contribution >= 0.6 is 11.6 Å². The Morgan fingerprint density at radius 1 is 1.35 bits per heavy atom. The van der Waals surface area contributed by atoms with Gasteiger partial charge in [-0.2, -0.15) is 0 Å². The van der Waals surface area contributed by atoms with Crippen LogP contribution in [0.25, 0.3) is 0 Å². The molecule has 1 fully saturated rings. The van der Waals surface area contributed by atoms with Crippen molar-refractivity contribution in [2.24, 2.45) is 0 Å². The first-order chi connectivity index (χ1) is 9.58. The minimum Gasteiger partial charge on any atom is -0.393 e. The zero-order valence-electron chi connectivity index (χ0n) is 11.6. The summed E-state index contributed by atoms with van der Waals surface area (Å²) < 4.78 is 5.38. The summed E-state index contributed by atoms with van der Waals surface area (Å²) in [6.07, 6.45) is 1.73. The topological polar surface area (TPSA) is 49.8 Å². The number of carbonyl (C=O) groups is 1. The minimum atomic E-state index is -0.475. The summed E-state index contributed by atoms with van der Waals surface area (Å²) in [5.74, 6) is 0.106. The highest BCUT2D eigenvalue weighted by Crippen LogP contribution is 2.25. The Kier molecular flexibility index (Phi) is 5.02. The van der Waals surface area contributed by atoms with E-state index in [1.165, 1.54) is 0 Å². The number of piperidine rings is 1. The number of methoxy groups -OCH3 is 1. The summed E-state index contributed by atoms with van der Waals surface area (Å²) in [5.41, 5.74) is 0.488. The summed E-state index contributed by atoms with van der Waals surface area (Å²) in [6, 6.07) is 7.33. The number of halogens is 1. The van der Waals surface area contributed by atoms with Crippen molar-refractivity contribution in [3.05, 3.63) is 34.9 Å². The second kappa shape index (κ2) is 6.57. The van der Waals surface area contributed by atoms with Gasteiger partial charge in [-0.3, -0.25) is 4.79 Å². The lowest BCUT2D eigenvalue weighted by Gasteiger charge is -2.39. The van der Waals surface area contributed by atoms with Crippen molar-refractivity contribution in [1.82, 2.24) is 4.90 Å². The normalized spacial score (nSPS) is 18.1. The molecule has 1 aliphatic rings. The number of hydrogen-bond acceptors (Lipinski definition) is 3. The number of nitrogens with zero attached hydrogens (tertiary/aromatic N) is 1. The van der Waals surface area contributed by atoms with Crippen molar-refractivity contribution in [1.29, 1.82) is 0 Å². The maximum atomic E-state index is 12.2. The van der Waals surface area contributed by atoms with Gasteiger partial charge in [0.2, 0.25) is 5.91 Å². The molecule has 1 aliphatic heterocycles. The lowest BCUT2D eigenvalue weighted by molar-refractivity contribution is -0.138. The molecule has 1 N–H and O–H groups in total. The molecular formula is C15H20ClNO3. The van der Waals surface area contributed by atoms with Gasteiger partial charge in [-0.15, -0.1) is 0 Å². The molecule has 0 saturated carbocycles. The van der Waals surface area contributed by atoms with Crippen LogP contribution < -0.4 is 0 Å². The molecule has 1 heterocycles. The van der Waals surface area contributed by atoms with Crippen LogP contribution in [0.3, 0.4) is 0 Å². The molecule has 0 aromatic heterocycles. The summed E-state index contributed by atoms with van der Waals surface area (Å²) >= 11 is 5.83. The van der Waals surface area contributed by atoms with Gasteiger partial charge in [0, 0.05) is 25.2 Å². The van der Waals surface area contributed by atoms with Gasteiger partial charge in [-0.05, 0) is 30.5 Å². The molecule has 1 saturated heterocycles. The molecule has 110 valence electrons. The molecule has 0 radical (unpaired) electrons. The van der Waals surface area contributed by atoms with E-state index >= 15 is 0 Å². The van der Waals surface area contributed by atoms with Crippen molar-refractivity contribution in [2.75, 3.05) is 26.8 Å². The van der Waals surface area contributed by atoms with Gasteiger partial charge in [-0.25, -0.2) is 0 Å². The van der Waals surface area contributed by atoms with Gasteiger partial charge < -0.3 is 14.7 Å². The molecule has 0 unspecified atom stereocenters. The number of ether oxygens (including phenoxy) is 1. The molecule has 1 amide bonds. The third-order valence-corrected chi connectivity index (χ3v) is 4.27. The van der Waals surface area contributed by atoms with E-state index in [1.807, 2.05) is 17.0 Å². The van der Waals surface area contributed by atoms with E-state index < -0.39 is 5.60 Å². The van der Waals surface area contributed by atoms with Gasteiger partial charge in [0.05, 0.1) is 18.6 Å². The first-order valence-corrected chi connectivity index (χ1v) is 7.14. The largest absolute Gasteiger partial charge is 0.393 e. The Labute approximate surface area is 124 Å². The number of carbonyl (C=O) groups excluding carboxylic acids is 1. The highest BCUT2D eigenvalue weighted by atomic mass is 35.5. The summed E-state index contributed by atoms with van der Waals surface area (Å²) in [4.78, 5) is 14.1. The third-order valence-electron chi connectivity index (χ3n) is 4.02. The molecular weight excluding hydrogens is 278 g/mol. The second-order valence-corrected chi connectivity index (χ2v) is 5.67. The van der Waals surface area contributed by atoms with Gasteiger partial charge >= 0.3 is 0 Å². The predicted molar refractivity (Wildman–Crippen MR) is 77.8 cm³/mol. The molecule has 2 rings (SSSR count). The van der Waals surface area contributed by atoms with E-state index in [2.05, 4.69) is 0 Å². The first-order valence-electron chi connectivity index (χ1n) is 6.77. The van der Waals surface area contributed by atoms with E-state index in [-0.39, 0.29) is 12.5 Å². The van der Waals surface area contributed by atoms with Gasteiger partial charge in [0.1, 0.15) is 0 Å². The van der Waals surface area contributed by atoms with Gasteiger partial charge in [0.25, 0.3) is 0 Å². The number of rotatable bonds is 4. The summed E-state index contributed by atoms with van der Waals surface area (Å²) in [5, 5.41) is 10.1. The molecule has 0 aliphatic carbocycles. The minimum absolute atomic E-state index is 0.00269. The number of amides is 1. The van der Waals surface area contributed by atoms with Crippen LogP contribution in [0, 0.1) is 0 Å². The van der Waals surface area contributed by atoms with Crippen molar-refractivity contribution in [2.45, 2.75) is 24.9 Å². The Hall–Kier alpha value is -1.10. The van der Waals surface area contributed by atoms with E-state index in [0.29, 0.717) is 37.4 Å². The first kappa shape index (κ1) is 15.3. The highest BCUT2D eigenvalue weighted by molar-refractivity contribution is 6.30. The predicted octanol–water partition coefficient (Wildman–Crippen LogP) is 1.88.